The maximum atomic E-state index is 4.61. The van der Waals surface area contributed by atoms with Crippen molar-refractivity contribution >= 4 is 77.5 Å². The highest BCUT2D eigenvalue weighted by Crippen LogP contribution is 2.40. The minimum Gasteiger partial charge on any atom is -0.311 e. The van der Waals surface area contributed by atoms with Crippen molar-refractivity contribution in [2.75, 3.05) is 4.90 Å². The molecule has 1 aliphatic rings. The van der Waals surface area contributed by atoms with E-state index in [1.165, 1.54) is 58.7 Å². The van der Waals surface area contributed by atoms with Gasteiger partial charge in [-0.1, -0.05) is 115 Å². The van der Waals surface area contributed by atoms with E-state index >= 15 is 0 Å². The van der Waals surface area contributed by atoms with Crippen molar-refractivity contribution in [1.82, 2.24) is 4.98 Å². The summed E-state index contributed by atoms with van der Waals surface area (Å²) in [6.45, 7) is 0. The van der Waals surface area contributed by atoms with Crippen molar-refractivity contribution in [1.29, 1.82) is 0 Å². The van der Waals surface area contributed by atoms with Crippen molar-refractivity contribution in [3.8, 4) is 11.1 Å². The first-order valence-corrected chi connectivity index (χ1v) is 18.1. The fourth-order valence-corrected chi connectivity index (χ4v) is 13.4. The Morgan fingerprint density at radius 2 is 1.11 bits per heavy atom. The van der Waals surface area contributed by atoms with E-state index in [1.807, 2.05) is 12.3 Å². The highest BCUT2D eigenvalue weighted by Gasteiger charge is 2.48. The number of rotatable bonds is 4. The molecule has 0 aliphatic carbocycles. The first-order valence-electron chi connectivity index (χ1n) is 15.3. The van der Waals surface area contributed by atoms with E-state index in [0.29, 0.717) is 0 Å². The van der Waals surface area contributed by atoms with Gasteiger partial charge in [0, 0.05) is 38.7 Å². The van der Waals surface area contributed by atoms with Crippen LogP contribution in [0.3, 0.4) is 0 Å². The highest BCUT2D eigenvalue weighted by molar-refractivity contribution is 7.25. The van der Waals surface area contributed by atoms with Gasteiger partial charge < -0.3 is 4.90 Å². The third kappa shape index (κ3) is 3.96. The van der Waals surface area contributed by atoms with Crippen molar-refractivity contribution in [3.05, 3.63) is 170 Å². The van der Waals surface area contributed by atoms with E-state index in [1.54, 1.807) is 11.3 Å². The molecule has 6 aromatic carbocycles. The second kappa shape index (κ2) is 10.4. The molecule has 0 fully saturated rings. The van der Waals surface area contributed by atoms with Gasteiger partial charge in [-0.25, -0.2) is 4.98 Å². The summed E-state index contributed by atoms with van der Waals surface area (Å²) < 4.78 is 1.27. The third-order valence-corrected chi connectivity index (χ3v) is 15.2. The number of fused-ring (bicyclic) bond motifs is 5. The zero-order valence-electron chi connectivity index (χ0n) is 24.5. The van der Waals surface area contributed by atoms with Gasteiger partial charge in [-0.2, -0.15) is 0 Å². The predicted molar refractivity (Wildman–Crippen MR) is 194 cm³/mol. The number of aromatic nitrogens is 1. The first kappa shape index (κ1) is 26.1. The molecule has 1 aliphatic heterocycles. The van der Waals surface area contributed by atoms with Gasteiger partial charge in [0.2, 0.25) is 0 Å². The van der Waals surface area contributed by atoms with E-state index in [4.69, 9.17) is 0 Å². The molecule has 0 saturated heterocycles. The Labute approximate surface area is 267 Å². The van der Waals surface area contributed by atoms with Gasteiger partial charge in [0.1, 0.15) is 4.83 Å². The molecule has 0 saturated carbocycles. The number of thiophene rings is 1. The summed E-state index contributed by atoms with van der Waals surface area (Å²) in [5.74, 6) is 0. The number of para-hydroxylation sites is 2. The lowest BCUT2D eigenvalue weighted by atomic mass is 10.0. The number of benzene rings is 6. The van der Waals surface area contributed by atoms with Crippen LogP contribution in [0.4, 0.5) is 17.1 Å². The van der Waals surface area contributed by atoms with Crippen LogP contribution in [0.2, 0.25) is 0 Å². The zero-order chi connectivity index (χ0) is 29.8. The number of pyridine rings is 1. The quantitative estimate of drug-likeness (QED) is 0.187. The molecule has 45 heavy (non-hydrogen) atoms. The highest BCUT2D eigenvalue weighted by atomic mass is 32.1. The maximum absolute atomic E-state index is 4.61. The van der Waals surface area contributed by atoms with Crippen LogP contribution in [-0.2, 0) is 0 Å². The molecule has 8 aromatic rings. The second-order valence-electron chi connectivity index (χ2n) is 11.6. The lowest BCUT2D eigenvalue weighted by molar-refractivity contribution is 1.29. The van der Waals surface area contributed by atoms with E-state index in [2.05, 4.69) is 168 Å². The van der Waals surface area contributed by atoms with Crippen molar-refractivity contribution < 1.29 is 0 Å². The summed E-state index contributed by atoms with van der Waals surface area (Å²) >= 11 is 1.76. The molecule has 2 aromatic heterocycles. The molecule has 0 unspecified atom stereocenters. The van der Waals surface area contributed by atoms with Gasteiger partial charge in [-0.3, -0.25) is 0 Å². The fraction of sp³-hybridized carbons (Fsp3) is 0. The Hall–Kier alpha value is -5.29. The molecule has 0 spiro atoms. The monoisotopic (exact) mass is 608 g/mol. The van der Waals surface area contributed by atoms with Gasteiger partial charge in [0.05, 0.1) is 0 Å². The molecule has 0 N–H and O–H groups in total. The van der Waals surface area contributed by atoms with E-state index in [-0.39, 0.29) is 0 Å². The van der Waals surface area contributed by atoms with Crippen LogP contribution in [0, 0.1) is 0 Å². The maximum Gasteiger partial charge on any atom is 0.184 e. The topological polar surface area (TPSA) is 16.1 Å². The number of nitrogens with zero attached hydrogens (tertiary/aromatic N) is 2. The second-order valence-corrected chi connectivity index (χ2v) is 16.3. The van der Waals surface area contributed by atoms with Crippen LogP contribution in [0.5, 0.6) is 0 Å². The van der Waals surface area contributed by atoms with Crippen LogP contribution in [0.15, 0.2) is 170 Å². The van der Waals surface area contributed by atoms with E-state index in [9.17, 15) is 0 Å². The summed E-state index contributed by atoms with van der Waals surface area (Å²) in [6.07, 6.45) is 1.88. The Morgan fingerprint density at radius 1 is 0.489 bits per heavy atom. The predicted octanol–water partition coefficient (Wildman–Crippen LogP) is 8.28. The average molecular weight is 609 g/mol. The Kier molecular flexibility index (Phi) is 6.05. The van der Waals surface area contributed by atoms with E-state index < -0.39 is 8.07 Å². The lowest BCUT2D eigenvalue weighted by Gasteiger charge is -2.45. The van der Waals surface area contributed by atoms with Gasteiger partial charge in [0.25, 0.3) is 0 Å². The molecular weight excluding hydrogens is 581 g/mol. The molecule has 9 rings (SSSR count). The SMILES string of the molecule is c1ccc([Si]2(c3ccccc3)c3ccccc3N(c3cccc(-c4ccc5sc6ncccc6c5c4)c3)c3ccccc32)cc1. The average Bonchev–Trinajstić information content (AvgIpc) is 3.49. The largest absolute Gasteiger partial charge is 0.311 e. The summed E-state index contributed by atoms with van der Waals surface area (Å²) in [7, 11) is -2.62. The summed E-state index contributed by atoms with van der Waals surface area (Å²) in [5.41, 5.74) is 6.07. The standard InChI is InChI=1S/C41H28N2SSi/c1-3-15-32(16-4-1)45(33-17-5-2-6-18-33)39-22-9-7-20-36(39)43(37-21-8-10-23-40(37)45)31-14-11-13-29(27-31)30-24-25-38-35(28-30)34-19-12-26-42-41(34)44-38/h1-28H. The van der Waals surface area contributed by atoms with Gasteiger partial charge in [-0.05, 0) is 80.4 Å². The molecule has 0 radical (unpaired) electrons. The van der Waals surface area contributed by atoms with E-state index in [0.717, 1.165) is 10.5 Å². The molecule has 4 heteroatoms. The lowest BCUT2D eigenvalue weighted by Crippen LogP contribution is -2.77. The van der Waals surface area contributed by atoms with Crippen molar-refractivity contribution in [2.45, 2.75) is 0 Å². The molecular formula is C41H28N2SSi. The number of hydrogen-bond donors (Lipinski definition) is 0. The molecule has 0 bridgehead atoms. The molecule has 0 atom stereocenters. The number of hydrogen-bond acceptors (Lipinski definition) is 3. The normalized spacial score (nSPS) is 13.5. The van der Waals surface area contributed by atoms with Crippen LogP contribution in [0.25, 0.3) is 31.4 Å². The molecule has 212 valence electrons. The number of anilines is 3. The summed E-state index contributed by atoms with van der Waals surface area (Å²) in [4.78, 5) is 8.18. The summed E-state index contributed by atoms with van der Waals surface area (Å²) in [6, 6.07) is 60.6. The first-order chi connectivity index (χ1) is 22.3. The molecule has 0 amide bonds. The van der Waals surface area contributed by atoms with Crippen molar-refractivity contribution in [2.24, 2.45) is 0 Å². The molecule has 2 nitrogen and oxygen atoms in total. The molecule has 3 heterocycles. The Balaban J connectivity index is 1.27. The Morgan fingerprint density at radius 3 is 1.80 bits per heavy atom. The fourth-order valence-electron chi connectivity index (χ4n) is 7.30. The smallest absolute Gasteiger partial charge is 0.184 e. The van der Waals surface area contributed by atoms with Gasteiger partial charge >= 0.3 is 0 Å². The van der Waals surface area contributed by atoms with Crippen LogP contribution < -0.4 is 25.6 Å². The summed E-state index contributed by atoms with van der Waals surface area (Å²) in [5, 5.41) is 8.10. The van der Waals surface area contributed by atoms with Crippen molar-refractivity contribution in [3.63, 3.8) is 0 Å². The third-order valence-electron chi connectivity index (χ3n) is 9.20. The Bertz CT molecular complexity index is 2260. The van der Waals surface area contributed by atoms with Crippen LogP contribution in [0.1, 0.15) is 0 Å². The van der Waals surface area contributed by atoms with Gasteiger partial charge in [-0.15, -0.1) is 11.3 Å². The minimum atomic E-state index is -2.62. The zero-order valence-corrected chi connectivity index (χ0v) is 26.3. The van der Waals surface area contributed by atoms with Crippen LogP contribution in [-0.4, -0.2) is 13.1 Å². The minimum absolute atomic E-state index is 1.09. The van der Waals surface area contributed by atoms with Crippen LogP contribution >= 0.6 is 11.3 Å². The van der Waals surface area contributed by atoms with Gasteiger partial charge in [0.15, 0.2) is 8.07 Å².